The lowest BCUT2D eigenvalue weighted by Gasteiger charge is -2.25. The quantitative estimate of drug-likeness (QED) is 0.279. The van der Waals surface area contributed by atoms with Crippen LogP contribution in [0.25, 0.3) is 21.6 Å². The molecule has 0 atom stereocenters. The van der Waals surface area contributed by atoms with E-state index in [9.17, 15) is 4.79 Å². The van der Waals surface area contributed by atoms with E-state index in [0.29, 0.717) is 31.9 Å². The van der Waals surface area contributed by atoms with Crippen LogP contribution in [0.15, 0.2) is 102 Å². The van der Waals surface area contributed by atoms with Crippen LogP contribution in [0, 0.1) is 0 Å². The third kappa shape index (κ3) is 5.73. The zero-order chi connectivity index (χ0) is 23.9. The van der Waals surface area contributed by atoms with Crippen LogP contribution in [0.2, 0.25) is 0 Å². The van der Waals surface area contributed by atoms with Crippen molar-refractivity contribution in [1.82, 2.24) is 15.3 Å². The minimum Gasteiger partial charge on any atom is -0.352 e. The van der Waals surface area contributed by atoms with E-state index in [1.165, 1.54) is 0 Å². The van der Waals surface area contributed by atoms with Gasteiger partial charge in [-0.15, -0.1) is 11.3 Å². The second kappa shape index (κ2) is 10.9. The molecular weight excluding hydrogens is 452 g/mol. The van der Waals surface area contributed by atoms with Gasteiger partial charge >= 0.3 is 0 Å². The van der Waals surface area contributed by atoms with E-state index in [2.05, 4.69) is 28.4 Å². The Balaban J connectivity index is 1.43. The molecule has 3 aromatic carbocycles. The van der Waals surface area contributed by atoms with Gasteiger partial charge in [0.15, 0.2) is 5.82 Å². The number of aromatic nitrogens is 2. The van der Waals surface area contributed by atoms with Gasteiger partial charge in [-0.1, -0.05) is 78.9 Å². The third-order valence-corrected chi connectivity index (χ3v) is 6.65. The number of carbonyl (C=O) groups excluding carboxylic acids is 1. The average molecular weight is 479 g/mol. The molecule has 0 spiro atoms. The maximum absolute atomic E-state index is 12.8. The smallest absolute Gasteiger partial charge is 0.222 e. The van der Waals surface area contributed by atoms with Gasteiger partial charge in [0.05, 0.1) is 10.4 Å². The molecule has 0 fully saturated rings. The fourth-order valence-corrected chi connectivity index (χ4v) is 4.66. The first kappa shape index (κ1) is 22.7. The predicted octanol–water partition coefficient (Wildman–Crippen LogP) is 6.07. The lowest BCUT2D eigenvalue weighted by molar-refractivity contribution is -0.121. The zero-order valence-corrected chi connectivity index (χ0v) is 20.1. The molecule has 0 aliphatic carbocycles. The van der Waals surface area contributed by atoms with Crippen molar-refractivity contribution in [2.75, 3.05) is 11.4 Å². The van der Waals surface area contributed by atoms with Crippen molar-refractivity contribution in [3.8, 4) is 10.7 Å². The lowest BCUT2D eigenvalue weighted by atomic mass is 10.1. The summed E-state index contributed by atoms with van der Waals surface area (Å²) in [6.45, 7) is 1.72. The summed E-state index contributed by atoms with van der Waals surface area (Å²) in [4.78, 5) is 25.8. The molecular formula is C29H26N4OS. The monoisotopic (exact) mass is 478 g/mol. The minimum atomic E-state index is 0.0174. The van der Waals surface area contributed by atoms with Crippen molar-refractivity contribution in [1.29, 1.82) is 0 Å². The van der Waals surface area contributed by atoms with Crippen LogP contribution >= 0.6 is 11.3 Å². The van der Waals surface area contributed by atoms with E-state index in [0.717, 1.165) is 32.7 Å². The van der Waals surface area contributed by atoms with E-state index < -0.39 is 0 Å². The molecule has 0 aliphatic heterocycles. The van der Waals surface area contributed by atoms with Crippen LogP contribution in [0.4, 0.5) is 5.82 Å². The fourth-order valence-electron chi connectivity index (χ4n) is 4.00. The van der Waals surface area contributed by atoms with Crippen molar-refractivity contribution in [2.24, 2.45) is 0 Å². The number of nitrogens with one attached hydrogen (secondary N) is 1. The van der Waals surface area contributed by atoms with Crippen molar-refractivity contribution in [2.45, 2.75) is 19.5 Å². The van der Waals surface area contributed by atoms with Crippen molar-refractivity contribution in [3.05, 3.63) is 114 Å². The van der Waals surface area contributed by atoms with Gasteiger partial charge in [-0.2, -0.15) is 0 Å². The summed E-state index contributed by atoms with van der Waals surface area (Å²) < 4.78 is 0. The molecule has 1 N–H and O–H groups in total. The van der Waals surface area contributed by atoms with Crippen LogP contribution in [0.5, 0.6) is 0 Å². The van der Waals surface area contributed by atoms with Crippen molar-refractivity contribution < 1.29 is 4.79 Å². The number of fused-ring (bicyclic) bond motifs is 1. The van der Waals surface area contributed by atoms with E-state index in [-0.39, 0.29) is 5.91 Å². The van der Waals surface area contributed by atoms with Gasteiger partial charge in [0.1, 0.15) is 5.82 Å². The summed E-state index contributed by atoms with van der Waals surface area (Å²) >= 11 is 1.62. The molecule has 0 aliphatic rings. The summed E-state index contributed by atoms with van der Waals surface area (Å²) in [5.74, 6) is 1.57. The highest BCUT2D eigenvalue weighted by atomic mass is 32.1. The third-order valence-electron chi connectivity index (χ3n) is 5.78. The molecule has 1 amide bonds. The van der Waals surface area contributed by atoms with Crippen LogP contribution in [0.3, 0.4) is 0 Å². The Morgan fingerprint density at radius 1 is 0.800 bits per heavy atom. The standard InChI is InChI=1S/C29H26N4OS/c34-27(30-20-22-10-3-1-4-11-22)17-18-33(21-23-12-5-2-6-13-23)29-24-14-7-8-15-25(24)31-28(32-29)26-16-9-19-35-26/h1-16,19H,17-18,20-21H2,(H,30,34). The van der Waals surface area contributed by atoms with Crippen LogP contribution < -0.4 is 10.2 Å². The Morgan fingerprint density at radius 3 is 2.26 bits per heavy atom. The van der Waals surface area contributed by atoms with Gasteiger partial charge < -0.3 is 10.2 Å². The molecule has 0 unspecified atom stereocenters. The van der Waals surface area contributed by atoms with Crippen molar-refractivity contribution in [3.63, 3.8) is 0 Å². The summed E-state index contributed by atoms with van der Waals surface area (Å²) in [5, 5.41) is 6.06. The number of para-hydroxylation sites is 1. The molecule has 0 saturated heterocycles. The number of hydrogen-bond donors (Lipinski definition) is 1. The molecule has 35 heavy (non-hydrogen) atoms. The highest BCUT2D eigenvalue weighted by Crippen LogP contribution is 2.30. The number of anilines is 1. The summed E-state index contributed by atoms with van der Waals surface area (Å²) in [6.07, 6.45) is 0.367. The second-order valence-corrected chi connectivity index (χ2v) is 9.23. The topological polar surface area (TPSA) is 58.1 Å². The summed E-state index contributed by atoms with van der Waals surface area (Å²) in [7, 11) is 0. The largest absolute Gasteiger partial charge is 0.352 e. The Bertz CT molecular complexity index is 1390. The predicted molar refractivity (Wildman–Crippen MR) is 143 cm³/mol. The van der Waals surface area contributed by atoms with Crippen molar-refractivity contribution >= 4 is 34.0 Å². The summed E-state index contributed by atoms with van der Waals surface area (Å²) in [5.41, 5.74) is 3.15. The van der Waals surface area contributed by atoms with Gasteiger partial charge in [-0.3, -0.25) is 4.79 Å². The van der Waals surface area contributed by atoms with Crippen LogP contribution in [-0.4, -0.2) is 22.4 Å². The number of nitrogens with zero attached hydrogens (tertiary/aromatic N) is 3. The molecule has 5 rings (SSSR count). The number of rotatable bonds is 9. The Hall–Kier alpha value is -4.03. The molecule has 0 saturated carbocycles. The van der Waals surface area contributed by atoms with E-state index in [4.69, 9.17) is 9.97 Å². The Labute approximate surface area is 209 Å². The molecule has 2 heterocycles. The first-order valence-corrected chi connectivity index (χ1v) is 12.5. The molecule has 5 nitrogen and oxygen atoms in total. The van der Waals surface area contributed by atoms with E-state index in [1.807, 2.05) is 84.2 Å². The Kier molecular flexibility index (Phi) is 7.10. The normalized spacial score (nSPS) is 10.9. The highest BCUT2D eigenvalue weighted by molar-refractivity contribution is 7.13. The molecule has 0 bridgehead atoms. The van der Waals surface area contributed by atoms with E-state index in [1.54, 1.807) is 11.3 Å². The molecule has 2 aromatic heterocycles. The number of benzene rings is 3. The van der Waals surface area contributed by atoms with Gasteiger partial charge in [0.2, 0.25) is 5.91 Å². The first-order valence-electron chi connectivity index (χ1n) is 11.7. The molecule has 6 heteroatoms. The average Bonchev–Trinajstić information content (AvgIpc) is 3.46. The van der Waals surface area contributed by atoms with Gasteiger partial charge in [-0.05, 0) is 34.7 Å². The fraction of sp³-hybridized carbons (Fsp3) is 0.138. The Morgan fingerprint density at radius 2 is 1.51 bits per heavy atom. The number of hydrogen-bond acceptors (Lipinski definition) is 5. The maximum atomic E-state index is 12.8. The van der Waals surface area contributed by atoms with Gasteiger partial charge in [0.25, 0.3) is 0 Å². The number of thiophene rings is 1. The number of amides is 1. The molecule has 0 radical (unpaired) electrons. The molecule has 5 aromatic rings. The maximum Gasteiger partial charge on any atom is 0.222 e. The zero-order valence-electron chi connectivity index (χ0n) is 19.3. The summed E-state index contributed by atoms with van der Waals surface area (Å²) in [6, 6.07) is 32.4. The van der Waals surface area contributed by atoms with Crippen LogP contribution in [0.1, 0.15) is 17.5 Å². The molecule has 174 valence electrons. The van der Waals surface area contributed by atoms with E-state index >= 15 is 0 Å². The van der Waals surface area contributed by atoms with Crippen LogP contribution in [-0.2, 0) is 17.9 Å². The first-order chi connectivity index (χ1) is 17.3. The van der Waals surface area contributed by atoms with Gasteiger partial charge in [0, 0.05) is 31.4 Å². The highest BCUT2D eigenvalue weighted by Gasteiger charge is 2.17. The minimum absolute atomic E-state index is 0.0174. The number of carbonyl (C=O) groups is 1. The second-order valence-electron chi connectivity index (χ2n) is 8.28. The van der Waals surface area contributed by atoms with Gasteiger partial charge in [-0.25, -0.2) is 9.97 Å². The lowest BCUT2D eigenvalue weighted by Crippen LogP contribution is -2.31. The SMILES string of the molecule is O=C(CCN(Cc1ccccc1)c1nc(-c2cccs2)nc2ccccc12)NCc1ccccc1.